The van der Waals surface area contributed by atoms with Gasteiger partial charge in [0.2, 0.25) is 0 Å². The van der Waals surface area contributed by atoms with Crippen molar-refractivity contribution in [1.82, 2.24) is 24.7 Å². The van der Waals surface area contributed by atoms with E-state index in [4.69, 9.17) is 11.6 Å². The number of aromatic nitrogens is 5. The maximum absolute atomic E-state index is 6.03. The van der Waals surface area contributed by atoms with E-state index >= 15 is 0 Å². The Morgan fingerprint density at radius 3 is 3.00 bits per heavy atom. The first kappa shape index (κ1) is 11.7. The van der Waals surface area contributed by atoms with Gasteiger partial charge in [-0.05, 0) is 18.2 Å². The summed E-state index contributed by atoms with van der Waals surface area (Å²) >= 11 is 6.03. The van der Waals surface area contributed by atoms with Crippen molar-refractivity contribution in [2.24, 2.45) is 0 Å². The first-order chi connectivity index (χ1) is 9.33. The number of nitrogens with zero attached hydrogens (tertiary/aromatic N) is 4. The lowest BCUT2D eigenvalue weighted by Crippen LogP contribution is -2.05. The zero-order chi connectivity index (χ0) is 13.1. The second-order valence-corrected chi connectivity index (χ2v) is 4.37. The molecule has 0 aliphatic carbocycles. The first-order valence-electron chi connectivity index (χ1n) is 5.68. The standard InChI is InChI=1S/C12H11ClN6/c13-9-1-2-12(19-8-15-7-18-19)11(3-9)16-5-10-4-14-6-17-10/h1-4,6-8,16H,5H2,(H,14,17). The minimum absolute atomic E-state index is 0.627. The quantitative estimate of drug-likeness (QED) is 0.765. The van der Waals surface area contributed by atoms with Gasteiger partial charge in [-0.1, -0.05) is 11.6 Å². The van der Waals surface area contributed by atoms with Gasteiger partial charge in [0.25, 0.3) is 0 Å². The van der Waals surface area contributed by atoms with Crippen molar-refractivity contribution in [3.63, 3.8) is 0 Å². The van der Waals surface area contributed by atoms with Gasteiger partial charge in [0, 0.05) is 11.2 Å². The Bertz CT molecular complexity index is 647. The van der Waals surface area contributed by atoms with Crippen molar-refractivity contribution in [3.05, 3.63) is 54.1 Å². The molecule has 0 atom stereocenters. The molecule has 1 aromatic carbocycles. The van der Waals surface area contributed by atoms with Crippen molar-refractivity contribution in [2.45, 2.75) is 6.54 Å². The predicted molar refractivity (Wildman–Crippen MR) is 72.3 cm³/mol. The van der Waals surface area contributed by atoms with Crippen LogP contribution in [0.2, 0.25) is 5.02 Å². The lowest BCUT2D eigenvalue weighted by Gasteiger charge is -2.11. The van der Waals surface area contributed by atoms with Crippen molar-refractivity contribution >= 4 is 17.3 Å². The van der Waals surface area contributed by atoms with Gasteiger partial charge in [-0.2, -0.15) is 5.10 Å². The molecule has 0 bridgehead atoms. The maximum Gasteiger partial charge on any atom is 0.138 e. The third-order valence-electron chi connectivity index (χ3n) is 2.65. The third-order valence-corrected chi connectivity index (χ3v) is 2.88. The summed E-state index contributed by atoms with van der Waals surface area (Å²) in [5.74, 6) is 0. The lowest BCUT2D eigenvalue weighted by atomic mass is 10.2. The Kier molecular flexibility index (Phi) is 3.16. The number of anilines is 1. The molecular formula is C12H11ClN6. The summed E-state index contributed by atoms with van der Waals surface area (Å²) < 4.78 is 1.69. The molecule has 3 rings (SSSR count). The van der Waals surface area contributed by atoms with Crippen LogP contribution < -0.4 is 5.32 Å². The van der Waals surface area contributed by atoms with Gasteiger partial charge < -0.3 is 10.3 Å². The van der Waals surface area contributed by atoms with Crippen molar-refractivity contribution in [1.29, 1.82) is 0 Å². The summed E-state index contributed by atoms with van der Waals surface area (Å²) in [6.07, 6.45) is 6.55. The minimum Gasteiger partial charge on any atom is -0.378 e. The number of aromatic amines is 1. The minimum atomic E-state index is 0.627. The average molecular weight is 275 g/mol. The molecule has 0 aliphatic rings. The van der Waals surface area contributed by atoms with Crippen LogP contribution in [0.3, 0.4) is 0 Å². The molecule has 0 aliphatic heterocycles. The summed E-state index contributed by atoms with van der Waals surface area (Å²) in [5, 5.41) is 8.09. The van der Waals surface area contributed by atoms with Gasteiger partial charge in [-0.25, -0.2) is 14.6 Å². The van der Waals surface area contributed by atoms with E-state index in [1.807, 2.05) is 18.2 Å². The zero-order valence-electron chi connectivity index (χ0n) is 9.92. The summed E-state index contributed by atoms with van der Waals surface area (Å²) in [4.78, 5) is 11.0. The summed E-state index contributed by atoms with van der Waals surface area (Å²) in [7, 11) is 0. The Balaban J connectivity index is 1.88. The molecule has 0 amide bonds. The van der Waals surface area contributed by atoms with E-state index in [2.05, 4.69) is 25.4 Å². The molecule has 3 aromatic rings. The number of hydrogen-bond acceptors (Lipinski definition) is 4. The molecule has 19 heavy (non-hydrogen) atoms. The maximum atomic E-state index is 6.03. The Morgan fingerprint density at radius 1 is 1.32 bits per heavy atom. The van der Waals surface area contributed by atoms with Gasteiger partial charge in [-0.15, -0.1) is 0 Å². The summed E-state index contributed by atoms with van der Waals surface area (Å²) in [6.45, 7) is 0.627. The van der Waals surface area contributed by atoms with Crippen LogP contribution in [-0.4, -0.2) is 24.7 Å². The van der Waals surface area contributed by atoms with Crippen molar-refractivity contribution in [3.8, 4) is 5.69 Å². The fraction of sp³-hybridized carbons (Fsp3) is 0.0833. The normalized spacial score (nSPS) is 10.6. The second-order valence-electron chi connectivity index (χ2n) is 3.93. The largest absolute Gasteiger partial charge is 0.378 e. The number of benzene rings is 1. The Morgan fingerprint density at radius 2 is 2.26 bits per heavy atom. The fourth-order valence-electron chi connectivity index (χ4n) is 1.75. The van der Waals surface area contributed by atoms with Gasteiger partial charge >= 0.3 is 0 Å². The molecule has 2 N–H and O–H groups in total. The topological polar surface area (TPSA) is 71.4 Å². The van der Waals surface area contributed by atoms with Crippen molar-refractivity contribution in [2.75, 3.05) is 5.32 Å². The van der Waals surface area contributed by atoms with Crippen LogP contribution in [0.5, 0.6) is 0 Å². The molecule has 0 unspecified atom stereocenters. The van der Waals surface area contributed by atoms with E-state index in [9.17, 15) is 0 Å². The highest BCUT2D eigenvalue weighted by atomic mass is 35.5. The van der Waals surface area contributed by atoms with Crippen LogP contribution in [0.1, 0.15) is 5.69 Å². The number of hydrogen-bond donors (Lipinski definition) is 2. The third kappa shape index (κ3) is 2.58. The highest BCUT2D eigenvalue weighted by Gasteiger charge is 2.06. The van der Waals surface area contributed by atoms with Gasteiger partial charge in [0.15, 0.2) is 0 Å². The number of nitrogens with one attached hydrogen (secondary N) is 2. The highest BCUT2D eigenvalue weighted by molar-refractivity contribution is 6.31. The monoisotopic (exact) mass is 274 g/mol. The van der Waals surface area contributed by atoms with E-state index < -0.39 is 0 Å². The molecule has 0 saturated carbocycles. The van der Waals surface area contributed by atoms with E-state index in [0.717, 1.165) is 17.1 Å². The lowest BCUT2D eigenvalue weighted by molar-refractivity contribution is 0.877. The number of imidazole rings is 1. The predicted octanol–water partition coefficient (Wildman–Crippen LogP) is 2.26. The van der Waals surface area contributed by atoms with Crippen LogP contribution >= 0.6 is 11.6 Å². The number of halogens is 1. The van der Waals surface area contributed by atoms with E-state index in [1.165, 1.54) is 6.33 Å². The zero-order valence-corrected chi connectivity index (χ0v) is 10.7. The number of H-pyrrole nitrogens is 1. The van der Waals surface area contributed by atoms with Gasteiger partial charge in [0.1, 0.15) is 12.7 Å². The van der Waals surface area contributed by atoms with E-state index in [1.54, 1.807) is 23.5 Å². The van der Waals surface area contributed by atoms with E-state index in [-0.39, 0.29) is 0 Å². The van der Waals surface area contributed by atoms with E-state index in [0.29, 0.717) is 11.6 Å². The van der Waals surface area contributed by atoms with Crippen LogP contribution in [0.15, 0.2) is 43.4 Å². The van der Waals surface area contributed by atoms with Crippen LogP contribution in [0.25, 0.3) is 5.69 Å². The summed E-state index contributed by atoms with van der Waals surface area (Å²) in [6, 6.07) is 5.57. The van der Waals surface area contributed by atoms with Crippen LogP contribution in [0, 0.1) is 0 Å². The molecule has 2 aromatic heterocycles. The first-order valence-corrected chi connectivity index (χ1v) is 6.06. The molecule has 96 valence electrons. The van der Waals surface area contributed by atoms with Crippen LogP contribution in [0.4, 0.5) is 5.69 Å². The Hall–Kier alpha value is -2.34. The molecule has 0 saturated heterocycles. The van der Waals surface area contributed by atoms with Gasteiger partial charge in [-0.3, -0.25) is 0 Å². The molecule has 6 nitrogen and oxygen atoms in total. The Labute approximate surface area is 114 Å². The molecule has 0 spiro atoms. The average Bonchev–Trinajstić information content (AvgIpc) is 3.10. The molecule has 0 radical (unpaired) electrons. The number of rotatable bonds is 4. The smallest absolute Gasteiger partial charge is 0.138 e. The summed E-state index contributed by atoms with van der Waals surface area (Å²) in [5.41, 5.74) is 2.76. The second kappa shape index (κ2) is 5.11. The molecule has 0 fully saturated rings. The van der Waals surface area contributed by atoms with Gasteiger partial charge in [0.05, 0.1) is 29.9 Å². The SMILES string of the molecule is Clc1ccc(-n2cncn2)c(NCc2cnc[nH]2)c1. The molecular weight excluding hydrogens is 264 g/mol. The molecule has 2 heterocycles. The van der Waals surface area contributed by atoms with Crippen LogP contribution in [-0.2, 0) is 6.54 Å². The molecule has 7 heteroatoms. The highest BCUT2D eigenvalue weighted by Crippen LogP contribution is 2.24. The fourth-order valence-corrected chi connectivity index (χ4v) is 1.93. The van der Waals surface area contributed by atoms with Crippen molar-refractivity contribution < 1.29 is 0 Å².